The van der Waals surface area contributed by atoms with Crippen LogP contribution in [-0.4, -0.2) is 40.0 Å². The molecule has 0 atom stereocenters. The molecule has 2 rings (SSSR count). The lowest BCUT2D eigenvalue weighted by Gasteiger charge is -2.11. The highest BCUT2D eigenvalue weighted by molar-refractivity contribution is 7.15. The summed E-state index contributed by atoms with van der Waals surface area (Å²) in [7, 11) is 0. The first-order valence-corrected chi connectivity index (χ1v) is 6.55. The highest BCUT2D eigenvalue weighted by atomic mass is 32.1. The number of nitrogens with zero attached hydrogens (tertiary/aromatic N) is 3. The maximum absolute atomic E-state index is 11.6. The summed E-state index contributed by atoms with van der Waals surface area (Å²) in [6.45, 7) is 3.36. The van der Waals surface area contributed by atoms with E-state index in [-0.39, 0.29) is 11.8 Å². The molecule has 0 spiro atoms. The Morgan fingerprint density at radius 1 is 1.28 bits per heavy atom. The quantitative estimate of drug-likeness (QED) is 0.827. The van der Waals surface area contributed by atoms with E-state index in [2.05, 4.69) is 15.5 Å². The van der Waals surface area contributed by atoms with Crippen LogP contribution < -0.4 is 5.32 Å². The Hall–Kier alpha value is -1.76. The van der Waals surface area contributed by atoms with Crippen LogP contribution in [0.15, 0.2) is 12.2 Å². The standard InChI is InChI=1S/C11H14N4O2S/c1-8-13-14-11(18-8)12-9(16)4-5-10(17)15-6-2-3-7-15/h4-5H,2-3,6-7H2,1H3,(H,12,14,16). The third-order valence-corrected chi connectivity index (χ3v) is 3.31. The predicted octanol–water partition coefficient (Wildman–Crippen LogP) is 0.964. The SMILES string of the molecule is Cc1nnc(NC(=O)C=CC(=O)N2CCCC2)s1. The minimum atomic E-state index is -0.362. The average molecular weight is 266 g/mol. The smallest absolute Gasteiger partial charge is 0.250 e. The van der Waals surface area contributed by atoms with E-state index in [1.807, 2.05) is 0 Å². The Morgan fingerprint density at radius 2 is 2.00 bits per heavy atom. The van der Waals surface area contributed by atoms with E-state index in [1.54, 1.807) is 11.8 Å². The van der Waals surface area contributed by atoms with E-state index < -0.39 is 0 Å². The average Bonchev–Trinajstić information content (AvgIpc) is 2.97. The minimum absolute atomic E-state index is 0.115. The topological polar surface area (TPSA) is 75.2 Å². The molecule has 0 unspecified atom stereocenters. The van der Waals surface area contributed by atoms with Crippen LogP contribution in [-0.2, 0) is 9.59 Å². The molecule has 1 aromatic rings. The van der Waals surface area contributed by atoms with Crippen LogP contribution in [0, 0.1) is 6.92 Å². The van der Waals surface area contributed by atoms with Crippen LogP contribution in [0.2, 0.25) is 0 Å². The molecule has 1 N–H and O–H groups in total. The van der Waals surface area contributed by atoms with E-state index in [9.17, 15) is 9.59 Å². The zero-order valence-electron chi connectivity index (χ0n) is 10.0. The van der Waals surface area contributed by atoms with E-state index >= 15 is 0 Å². The highest BCUT2D eigenvalue weighted by Crippen LogP contribution is 2.13. The number of aromatic nitrogens is 2. The van der Waals surface area contributed by atoms with Crippen molar-refractivity contribution < 1.29 is 9.59 Å². The van der Waals surface area contributed by atoms with Gasteiger partial charge < -0.3 is 4.90 Å². The van der Waals surface area contributed by atoms with Crippen molar-refractivity contribution in [3.05, 3.63) is 17.2 Å². The second-order valence-electron chi connectivity index (χ2n) is 3.98. The summed E-state index contributed by atoms with van der Waals surface area (Å²) >= 11 is 1.29. The van der Waals surface area contributed by atoms with Gasteiger partial charge in [0.1, 0.15) is 5.01 Å². The maximum atomic E-state index is 11.6. The van der Waals surface area contributed by atoms with Crippen LogP contribution in [0.25, 0.3) is 0 Å². The van der Waals surface area contributed by atoms with Crippen LogP contribution >= 0.6 is 11.3 Å². The highest BCUT2D eigenvalue weighted by Gasteiger charge is 2.15. The molecule has 18 heavy (non-hydrogen) atoms. The molecule has 6 nitrogen and oxygen atoms in total. The van der Waals surface area contributed by atoms with Gasteiger partial charge in [-0.1, -0.05) is 11.3 Å². The number of aryl methyl sites for hydroxylation is 1. The second-order valence-corrected chi connectivity index (χ2v) is 5.16. The molecular weight excluding hydrogens is 252 g/mol. The molecule has 1 saturated heterocycles. The zero-order valence-corrected chi connectivity index (χ0v) is 10.9. The van der Waals surface area contributed by atoms with Gasteiger partial charge in [0.05, 0.1) is 0 Å². The molecule has 0 aromatic carbocycles. The first-order valence-electron chi connectivity index (χ1n) is 5.73. The summed E-state index contributed by atoms with van der Waals surface area (Å²) in [5.41, 5.74) is 0. The van der Waals surface area contributed by atoms with Crippen molar-refractivity contribution in [1.82, 2.24) is 15.1 Å². The Labute approximate surface area is 109 Å². The molecule has 1 fully saturated rings. The molecule has 0 saturated carbocycles. The van der Waals surface area contributed by atoms with Crippen LogP contribution in [0.4, 0.5) is 5.13 Å². The Morgan fingerprint density at radius 3 is 2.61 bits per heavy atom. The fraction of sp³-hybridized carbons (Fsp3) is 0.455. The lowest BCUT2D eigenvalue weighted by molar-refractivity contribution is -0.125. The van der Waals surface area contributed by atoms with Gasteiger partial charge in [-0.25, -0.2) is 0 Å². The second kappa shape index (κ2) is 5.72. The molecule has 1 aromatic heterocycles. The molecule has 96 valence electrons. The molecule has 0 radical (unpaired) electrons. The lowest BCUT2D eigenvalue weighted by atomic mass is 10.4. The van der Waals surface area contributed by atoms with Crippen molar-refractivity contribution >= 4 is 28.3 Å². The molecule has 0 aliphatic carbocycles. The first kappa shape index (κ1) is 12.7. The predicted molar refractivity (Wildman–Crippen MR) is 68.2 cm³/mol. The third-order valence-electron chi connectivity index (χ3n) is 2.55. The third kappa shape index (κ3) is 3.36. The van der Waals surface area contributed by atoms with Crippen LogP contribution in [0.1, 0.15) is 17.8 Å². The first-order chi connectivity index (χ1) is 8.65. The Bertz CT molecular complexity index is 477. The minimum Gasteiger partial charge on any atom is -0.339 e. The molecule has 1 aliphatic rings. The summed E-state index contributed by atoms with van der Waals surface area (Å²) in [5, 5.41) is 11.3. The van der Waals surface area contributed by atoms with Gasteiger partial charge in [-0.2, -0.15) is 0 Å². The fourth-order valence-corrected chi connectivity index (χ4v) is 2.28. The van der Waals surface area contributed by atoms with Crippen molar-refractivity contribution in [1.29, 1.82) is 0 Å². The van der Waals surface area contributed by atoms with E-state index in [0.29, 0.717) is 5.13 Å². The van der Waals surface area contributed by atoms with Crippen LogP contribution in [0.3, 0.4) is 0 Å². The van der Waals surface area contributed by atoms with Crippen molar-refractivity contribution in [3.63, 3.8) is 0 Å². The monoisotopic (exact) mass is 266 g/mol. The zero-order chi connectivity index (χ0) is 13.0. The maximum Gasteiger partial charge on any atom is 0.250 e. The van der Waals surface area contributed by atoms with E-state index in [1.165, 1.54) is 23.5 Å². The number of rotatable bonds is 3. The van der Waals surface area contributed by atoms with Crippen molar-refractivity contribution in [2.24, 2.45) is 0 Å². The van der Waals surface area contributed by atoms with Crippen molar-refractivity contribution in [2.45, 2.75) is 19.8 Å². The number of likely N-dealkylation sites (tertiary alicyclic amines) is 1. The Kier molecular flexibility index (Phi) is 4.03. The normalized spacial score (nSPS) is 15.3. The summed E-state index contributed by atoms with van der Waals surface area (Å²) in [4.78, 5) is 24.9. The number of hydrogen-bond acceptors (Lipinski definition) is 5. The lowest BCUT2D eigenvalue weighted by Crippen LogP contribution is -2.25. The summed E-state index contributed by atoms with van der Waals surface area (Å²) in [6, 6.07) is 0. The summed E-state index contributed by atoms with van der Waals surface area (Å²) < 4.78 is 0. The van der Waals surface area contributed by atoms with Gasteiger partial charge >= 0.3 is 0 Å². The van der Waals surface area contributed by atoms with Crippen molar-refractivity contribution in [3.8, 4) is 0 Å². The Balaban J connectivity index is 1.84. The molecule has 1 aliphatic heterocycles. The van der Waals surface area contributed by atoms with Gasteiger partial charge in [-0.3, -0.25) is 14.9 Å². The number of nitrogens with one attached hydrogen (secondary N) is 1. The van der Waals surface area contributed by atoms with Crippen molar-refractivity contribution in [2.75, 3.05) is 18.4 Å². The van der Waals surface area contributed by atoms with Gasteiger partial charge in [0, 0.05) is 25.2 Å². The number of hydrogen-bond donors (Lipinski definition) is 1. The van der Waals surface area contributed by atoms with Gasteiger partial charge in [-0.15, -0.1) is 10.2 Å². The number of carbonyl (C=O) groups is 2. The van der Waals surface area contributed by atoms with Gasteiger partial charge in [0.2, 0.25) is 16.9 Å². The van der Waals surface area contributed by atoms with Gasteiger partial charge in [0.25, 0.3) is 0 Å². The molecular formula is C11H14N4O2S. The summed E-state index contributed by atoms with van der Waals surface area (Å²) in [5.74, 6) is -0.477. The van der Waals surface area contributed by atoms with E-state index in [0.717, 1.165) is 30.9 Å². The fourth-order valence-electron chi connectivity index (χ4n) is 1.68. The largest absolute Gasteiger partial charge is 0.339 e. The summed E-state index contributed by atoms with van der Waals surface area (Å²) in [6.07, 6.45) is 4.61. The van der Waals surface area contributed by atoms with E-state index in [4.69, 9.17) is 0 Å². The molecule has 2 amide bonds. The van der Waals surface area contributed by atoms with Gasteiger partial charge in [0.15, 0.2) is 0 Å². The van der Waals surface area contributed by atoms with Crippen LogP contribution in [0.5, 0.6) is 0 Å². The molecule has 7 heteroatoms. The number of carbonyl (C=O) groups excluding carboxylic acids is 2. The number of amides is 2. The number of anilines is 1. The molecule has 2 heterocycles. The molecule has 0 bridgehead atoms. The van der Waals surface area contributed by atoms with Gasteiger partial charge in [-0.05, 0) is 19.8 Å².